The minimum absolute atomic E-state index is 0.223. The Labute approximate surface area is 161 Å². The number of aromatic nitrogens is 3. The fourth-order valence-corrected chi connectivity index (χ4v) is 2.85. The summed E-state index contributed by atoms with van der Waals surface area (Å²) in [6.07, 6.45) is 1.38. The van der Waals surface area contributed by atoms with Gasteiger partial charge >= 0.3 is 0 Å². The van der Waals surface area contributed by atoms with Crippen LogP contribution in [0.3, 0.4) is 0 Å². The topological polar surface area (TPSA) is 98.4 Å². The van der Waals surface area contributed by atoms with E-state index >= 15 is 0 Å². The van der Waals surface area contributed by atoms with Crippen LogP contribution in [0.15, 0.2) is 42.5 Å². The number of aromatic amines is 1. The second-order valence-corrected chi connectivity index (χ2v) is 6.30. The summed E-state index contributed by atoms with van der Waals surface area (Å²) in [6.45, 7) is 1.17. The minimum Gasteiger partial charge on any atom is -0.497 e. The van der Waals surface area contributed by atoms with Crippen molar-refractivity contribution in [2.45, 2.75) is 12.8 Å². The maximum absolute atomic E-state index is 12.5. The van der Waals surface area contributed by atoms with Gasteiger partial charge in [0.15, 0.2) is 11.5 Å². The van der Waals surface area contributed by atoms with Gasteiger partial charge in [-0.1, -0.05) is 12.1 Å². The van der Waals surface area contributed by atoms with E-state index in [9.17, 15) is 4.79 Å². The molecule has 0 saturated carbocycles. The zero-order valence-electron chi connectivity index (χ0n) is 15.4. The van der Waals surface area contributed by atoms with Crippen LogP contribution in [0.1, 0.15) is 28.2 Å². The summed E-state index contributed by atoms with van der Waals surface area (Å²) >= 11 is 0. The molecular formula is C20H20N4O4. The van der Waals surface area contributed by atoms with Gasteiger partial charge in [-0.05, 0) is 35.9 Å². The van der Waals surface area contributed by atoms with Crippen LogP contribution < -0.4 is 19.5 Å². The van der Waals surface area contributed by atoms with Gasteiger partial charge in [0, 0.05) is 18.4 Å². The predicted octanol–water partition coefficient (Wildman–Crippen LogP) is 2.82. The van der Waals surface area contributed by atoms with E-state index in [0.717, 1.165) is 17.7 Å². The van der Waals surface area contributed by atoms with Crippen molar-refractivity contribution in [2.75, 3.05) is 25.6 Å². The van der Waals surface area contributed by atoms with Crippen molar-refractivity contribution in [2.24, 2.45) is 0 Å². The summed E-state index contributed by atoms with van der Waals surface area (Å²) in [5.74, 6) is 2.57. The third-order valence-electron chi connectivity index (χ3n) is 4.30. The molecule has 0 radical (unpaired) electrons. The molecule has 1 amide bonds. The first-order valence-electron chi connectivity index (χ1n) is 8.96. The number of anilines is 1. The third kappa shape index (κ3) is 4.06. The van der Waals surface area contributed by atoms with Gasteiger partial charge in [-0.25, -0.2) is 0 Å². The first-order valence-corrected chi connectivity index (χ1v) is 8.96. The molecule has 2 N–H and O–H groups in total. The highest BCUT2D eigenvalue weighted by molar-refractivity contribution is 6.03. The molecule has 3 aromatic rings. The Hall–Kier alpha value is -3.55. The van der Waals surface area contributed by atoms with Crippen molar-refractivity contribution < 1.29 is 19.0 Å². The highest BCUT2D eigenvalue weighted by Crippen LogP contribution is 2.30. The number of ether oxygens (including phenoxy) is 3. The molecule has 8 nitrogen and oxygen atoms in total. The van der Waals surface area contributed by atoms with E-state index in [1.807, 2.05) is 24.3 Å². The minimum atomic E-state index is -0.314. The van der Waals surface area contributed by atoms with Crippen molar-refractivity contribution in [1.29, 1.82) is 0 Å². The van der Waals surface area contributed by atoms with Crippen LogP contribution in [-0.4, -0.2) is 41.4 Å². The SMILES string of the molecule is COc1ccc(Cc2nc(NC(=O)c3ccc4c(c3)OCCCO4)n[nH]2)cc1. The molecule has 2 heterocycles. The summed E-state index contributed by atoms with van der Waals surface area (Å²) in [4.78, 5) is 16.8. The van der Waals surface area contributed by atoms with E-state index in [4.69, 9.17) is 14.2 Å². The molecule has 0 unspecified atom stereocenters. The largest absolute Gasteiger partial charge is 0.497 e. The second-order valence-electron chi connectivity index (χ2n) is 6.30. The lowest BCUT2D eigenvalue weighted by Gasteiger charge is -2.08. The fourth-order valence-electron chi connectivity index (χ4n) is 2.85. The lowest BCUT2D eigenvalue weighted by Crippen LogP contribution is -2.13. The number of amides is 1. The molecule has 144 valence electrons. The number of methoxy groups -OCH3 is 1. The van der Waals surface area contributed by atoms with Crippen LogP contribution in [0.2, 0.25) is 0 Å². The molecule has 1 aliphatic rings. The van der Waals surface area contributed by atoms with Gasteiger partial charge in [-0.2, -0.15) is 4.98 Å². The van der Waals surface area contributed by atoms with Gasteiger partial charge in [-0.3, -0.25) is 15.2 Å². The van der Waals surface area contributed by atoms with Crippen LogP contribution >= 0.6 is 0 Å². The number of carbonyl (C=O) groups is 1. The summed E-state index contributed by atoms with van der Waals surface area (Å²) in [6, 6.07) is 12.8. The Bertz CT molecular complexity index is 969. The van der Waals surface area contributed by atoms with Crippen molar-refractivity contribution in [1.82, 2.24) is 15.2 Å². The lowest BCUT2D eigenvalue weighted by atomic mass is 10.1. The number of nitrogens with zero attached hydrogens (tertiary/aromatic N) is 2. The Balaban J connectivity index is 1.41. The molecule has 28 heavy (non-hydrogen) atoms. The summed E-state index contributed by atoms with van der Waals surface area (Å²) in [7, 11) is 1.63. The molecule has 4 rings (SSSR count). The number of carbonyl (C=O) groups excluding carboxylic acids is 1. The van der Waals surface area contributed by atoms with Gasteiger partial charge in [0.05, 0.1) is 20.3 Å². The van der Waals surface area contributed by atoms with Crippen LogP contribution in [0.25, 0.3) is 0 Å². The molecule has 0 spiro atoms. The van der Waals surface area contributed by atoms with Crippen LogP contribution in [0.4, 0.5) is 5.95 Å². The van der Waals surface area contributed by atoms with E-state index in [2.05, 4.69) is 20.5 Å². The van der Waals surface area contributed by atoms with E-state index in [0.29, 0.717) is 42.5 Å². The van der Waals surface area contributed by atoms with Crippen molar-refractivity contribution >= 4 is 11.9 Å². The predicted molar refractivity (Wildman–Crippen MR) is 102 cm³/mol. The first kappa shape index (κ1) is 17.8. The molecular weight excluding hydrogens is 360 g/mol. The zero-order chi connectivity index (χ0) is 19.3. The Morgan fingerprint density at radius 3 is 2.71 bits per heavy atom. The normalized spacial score (nSPS) is 12.9. The molecule has 2 aromatic carbocycles. The average Bonchev–Trinajstić information content (AvgIpc) is 3.01. The monoisotopic (exact) mass is 380 g/mol. The average molecular weight is 380 g/mol. The summed E-state index contributed by atoms with van der Waals surface area (Å²) in [5, 5.41) is 9.61. The number of H-pyrrole nitrogens is 1. The fraction of sp³-hybridized carbons (Fsp3) is 0.250. The zero-order valence-corrected chi connectivity index (χ0v) is 15.4. The van der Waals surface area contributed by atoms with Crippen LogP contribution in [0.5, 0.6) is 17.2 Å². The van der Waals surface area contributed by atoms with E-state index in [1.54, 1.807) is 25.3 Å². The molecule has 1 aliphatic heterocycles. The van der Waals surface area contributed by atoms with E-state index in [-0.39, 0.29) is 11.9 Å². The maximum Gasteiger partial charge on any atom is 0.258 e. The van der Waals surface area contributed by atoms with Gasteiger partial charge < -0.3 is 14.2 Å². The second kappa shape index (κ2) is 7.99. The molecule has 8 heteroatoms. The third-order valence-corrected chi connectivity index (χ3v) is 4.30. The number of hydrogen-bond donors (Lipinski definition) is 2. The maximum atomic E-state index is 12.5. The Morgan fingerprint density at radius 1 is 1.14 bits per heavy atom. The first-order chi connectivity index (χ1) is 13.7. The van der Waals surface area contributed by atoms with Crippen molar-refractivity contribution in [3.63, 3.8) is 0 Å². The molecule has 0 atom stereocenters. The lowest BCUT2D eigenvalue weighted by molar-refractivity contribution is 0.102. The van der Waals surface area contributed by atoms with Gasteiger partial charge in [-0.15, -0.1) is 5.10 Å². The Kier molecular flexibility index (Phi) is 5.09. The molecule has 0 aliphatic carbocycles. The van der Waals surface area contributed by atoms with Gasteiger partial charge in [0.2, 0.25) is 5.95 Å². The van der Waals surface area contributed by atoms with E-state index in [1.165, 1.54) is 0 Å². The van der Waals surface area contributed by atoms with Crippen LogP contribution in [-0.2, 0) is 6.42 Å². The molecule has 0 fully saturated rings. The summed E-state index contributed by atoms with van der Waals surface area (Å²) in [5.41, 5.74) is 1.50. The molecule has 0 bridgehead atoms. The quantitative estimate of drug-likeness (QED) is 0.706. The van der Waals surface area contributed by atoms with Crippen molar-refractivity contribution in [3.8, 4) is 17.2 Å². The Morgan fingerprint density at radius 2 is 1.93 bits per heavy atom. The number of hydrogen-bond acceptors (Lipinski definition) is 6. The smallest absolute Gasteiger partial charge is 0.258 e. The van der Waals surface area contributed by atoms with Gasteiger partial charge in [0.1, 0.15) is 11.6 Å². The number of benzene rings is 2. The van der Waals surface area contributed by atoms with Crippen molar-refractivity contribution in [3.05, 3.63) is 59.4 Å². The van der Waals surface area contributed by atoms with E-state index < -0.39 is 0 Å². The number of fused-ring (bicyclic) bond motifs is 1. The van der Waals surface area contributed by atoms with Crippen LogP contribution in [0, 0.1) is 0 Å². The summed E-state index contributed by atoms with van der Waals surface area (Å²) < 4.78 is 16.4. The highest BCUT2D eigenvalue weighted by Gasteiger charge is 2.15. The van der Waals surface area contributed by atoms with Gasteiger partial charge in [0.25, 0.3) is 5.91 Å². The number of rotatable bonds is 5. The standard InChI is InChI=1S/C20H20N4O4/c1-26-15-6-3-13(4-7-15)11-18-21-20(24-23-18)22-19(25)14-5-8-16-17(12-14)28-10-2-9-27-16/h3-8,12H,2,9-11H2,1H3,(H2,21,22,23,24,25). The molecule has 0 saturated heterocycles. The highest BCUT2D eigenvalue weighted by atomic mass is 16.5. The molecule has 1 aromatic heterocycles. The number of nitrogens with one attached hydrogen (secondary N) is 2.